The quantitative estimate of drug-likeness (QED) is 0.0373. The molecule has 0 aromatic rings. The lowest BCUT2D eigenvalue weighted by molar-refractivity contribution is -0.161. The summed E-state index contributed by atoms with van der Waals surface area (Å²) < 4.78 is 10.7. The number of allylic oxidation sites excluding steroid dienone is 26. The smallest absolute Gasteiger partial charge is 0.306 e. The predicted octanol–water partition coefficient (Wildman–Crippen LogP) is 20.7. The average Bonchev–Trinajstić information content (AvgIpc) is 3.40. The summed E-state index contributed by atoms with van der Waals surface area (Å²) in [6.45, 7) is 3.90. The van der Waals surface area contributed by atoms with E-state index in [9.17, 15) is 14.7 Å². The molecule has 1 atom stereocenters. The van der Waals surface area contributed by atoms with Crippen molar-refractivity contribution < 1.29 is 24.2 Å². The van der Waals surface area contributed by atoms with Gasteiger partial charge in [0.1, 0.15) is 6.61 Å². The molecule has 1 unspecified atom stereocenters. The van der Waals surface area contributed by atoms with Crippen LogP contribution >= 0.6 is 0 Å². The molecule has 0 aromatic carbocycles. The van der Waals surface area contributed by atoms with Gasteiger partial charge in [0.2, 0.25) is 0 Å². The Balaban J connectivity index is 3.60. The van der Waals surface area contributed by atoms with Gasteiger partial charge in [-0.3, -0.25) is 9.59 Å². The Kier molecular flexibility index (Phi) is 59.0. The first-order valence-corrected chi connectivity index (χ1v) is 30.0. The molecule has 5 heteroatoms. The minimum atomic E-state index is -0.792. The van der Waals surface area contributed by atoms with Crippen molar-refractivity contribution in [3.05, 3.63) is 158 Å². The van der Waals surface area contributed by atoms with E-state index in [1.807, 2.05) is 0 Å². The fourth-order valence-electron chi connectivity index (χ4n) is 7.89. The number of hydrogen-bond acceptors (Lipinski definition) is 5. The van der Waals surface area contributed by atoms with Crippen molar-refractivity contribution in [2.24, 2.45) is 0 Å². The third-order valence-corrected chi connectivity index (χ3v) is 12.3. The molecule has 0 heterocycles. The van der Waals surface area contributed by atoms with Gasteiger partial charge in [0.15, 0.2) is 6.10 Å². The first-order valence-electron chi connectivity index (χ1n) is 30.0. The number of ether oxygens (including phenoxy) is 2. The molecule has 0 saturated heterocycles. The van der Waals surface area contributed by atoms with Crippen LogP contribution in [0.3, 0.4) is 0 Å². The van der Waals surface area contributed by atoms with Gasteiger partial charge in [-0.25, -0.2) is 0 Å². The Morgan fingerprint density at radius 2 is 0.541 bits per heavy atom. The molecule has 416 valence electrons. The molecule has 74 heavy (non-hydrogen) atoms. The molecular formula is C69H110O5. The number of carbonyl (C=O) groups excluding carboxylic acids is 2. The van der Waals surface area contributed by atoms with Crippen molar-refractivity contribution in [2.75, 3.05) is 13.2 Å². The van der Waals surface area contributed by atoms with Crippen LogP contribution in [-0.4, -0.2) is 36.4 Å². The van der Waals surface area contributed by atoms with Gasteiger partial charge in [0.25, 0.3) is 0 Å². The van der Waals surface area contributed by atoms with Crippen LogP contribution in [0.5, 0.6) is 0 Å². The maximum absolute atomic E-state index is 12.3. The number of aliphatic hydroxyl groups is 1. The lowest BCUT2D eigenvalue weighted by Crippen LogP contribution is -2.28. The SMILES string of the molecule is CC/C=C\C/C=C\C/C=C\C/C=C\C/C=C\C/C=C\C/C=C\C/C=C\C/C=C\CCCCCCCCCC(=O)OC(CO)COC(=O)CCCCCCCCCCCCCC/C=C\C/C=C\C/C=C\C/C=C\CC. The van der Waals surface area contributed by atoms with Crippen molar-refractivity contribution in [2.45, 2.75) is 251 Å². The highest BCUT2D eigenvalue weighted by Gasteiger charge is 2.16. The van der Waals surface area contributed by atoms with E-state index in [0.29, 0.717) is 12.8 Å². The molecule has 1 N–H and O–H groups in total. The maximum Gasteiger partial charge on any atom is 0.306 e. The summed E-state index contributed by atoms with van der Waals surface area (Å²) in [6.07, 6.45) is 96.4. The Morgan fingerprint density at radius 1 is 0.311 bits per heavy atom. The second-order valence-corrected chi connectivity index (χ2v) is 19.3. The van der Waals surface area contributed by atoms with Gasteiger partial charge >= 0.3 is 11.9 Å². The third kappa shape index (κ3) is 60.1. The Bertz CT molecular complexity index is 1620. The largest absolute Gasteiger partial charge is 0.462 e. The number of unbranched alkanes of at least 4 members (excludes halogenated alkanes) is 19. The van der Waals surface area contributed by atoms with E-state index < -0.39 is 6.10 Å². The number of carbonyl (C=O) groups is 2. The molecule has 0 amide bonds. The molecule has 0 aliphatic heterocycles. The van der Waals surface area contributed by atoms with E-state index in [2.05, 4.69) is 172 Å². The number of esters is 2. The van der Waals surface area contributed by atoms with Crippen LogP contribution in [0.1, 0.15) is 245 Å². The van der Waals surface area contributed by atoms with Crippen molar-refractivity contribution >= 4 is 11.9 Å². The molecule has 0 aromatic heterocycles. The van der Waals surface area contributed by atoms with Crippen LogP contribution < -0.4 is 0 Å². The second kappa shape index (κ2) is 62.8. The van der Waals surface area contributed by atoms with Crippen molar-refractivity contribution in [3.63, 3.8) is 0 Å². The molecule has 0 bridgehead atoms. The monoisotopic (exact) mass is 1020 g/mol. The topological polar surface area (TPSA) is 72.8 Å². The van der Waals surface area contributed by atoms with Crippen LogP contribution in [0.25, 0.3) is 0 Å². The lowest BCUT2D eigenvalue weighted by atomic mass is 10.0. The summed E-state index contributed by atoms with van der Waals surface area (Å²) in [5, 5.41) is 9.67. The lowest BCUT2D eigenvalue weighted by Gasteiger charge is -2.15. The molecule has 0 aliphatic carbocycles. The Morgan fingerprint density at radius 3 is 0.811 bits per heavy atom. The number of aliphatic hydroxyl groups excluding tert-OH is 1. The fourth-order valence-corrected chi connectivity index (χ4v) is 7.89. The summed E-state index contributed by atoms with van der Waals surface area (Å²) >= 11 is 0. The van der Waals surface area contributed by atoms with Crippen LogP contribution in [0.2, 0.25) is 0 Å². The van der Waals surface area contributed by atoms with Gasteiger partial charge < -0.3 is 14.6 Å². The Labute approximate surface area is 456 Å². The average molecular weight is 1020 g/mol. The molecule has 0 saturated carbocycles. The van der Waals surface area contributed by atoms with E-state index in [-0.39, 0.29) is 25.2 Å². The van der Waals surface area contributed by atoms with E-state index in [1.54, 1.807) is 0 Å². The van der Waals surface area contributed by atoms with Crippen molar-refractivity contribution in [1.29, 1.82) is 0 Å². The van der Waals surface area contributed by atoms with Crippen LogP contribution in [0.4, 0.5) is 0 Å². The van der Waals surface area contributed by atoms with Crippen LogP contribution in [0.15, 0.2) is 158 Å². The van der Waals surface area contributed by atoms with Gasteiger partial charge in [-0.2, -0.15) is 0 Å². The van der Waals surface area contributed by atoms with Gasteiger partial charge in [-0.15, -0.1) is 0 Å². The zero-order valence-electron chi connectivity index (χ0n) is 47.5. The summed E-state index contributed by atoms with van der Waals surface area (Å²) in [4.78, 5) is 24.6. The van der Waals surface area contributed by atoms with E-state index in [1.165, 1.54) is 89.9 Å². The highest BCUT2D eigenvalue weighted by atomic mass is 16.6. The van der Waals surface area contributed by atoms with Crippen molar-refractivity contribution in [3.8, 4) is 0 Å². The minimum Gasteiger partial charge on any atom is -0.462 e. The van der Waals surface area contributed by atoms with Gasteiger partial charge in [0, 0.05) is 12.8 Å². The summed E-state index contributed by atoms with van der Waals surface area (Å²) in [5.41, 5.74) is 0. The molecule has 0 rings (SSSR count). The van der Waals surface area contributed by atoms with E-state index in [0.717, 1.165) is 128 Å². The first kappa shape index (κ1) is 69.5. The third-order valence-electron chi connectivity index (χ3n) is 12.3. The normalized spacial score (nSPS) is 13.4. The van der Waals surface area contributed by atoms with E-state index in [4.69, 9.17) is 9.47 Å². The molecule has 0 radical (unpaired) electrons. The highest BCUT2D eigenvalue weighted by Crippen LogP contribution is 2.15. The minimum absolute atomic E-state index is 0.0807. The van der Waals surface area contributed by atoms with Gasteiger partial charge in [0.05, 0.1) is 6.61 Å². The molecule has 0 spiro atoms. The van der Waals surface area contributed by atoms with E-state index >= 15 is 0 Å². The molecule has 5 nitrogen and oxygen atoms in total. The zero-order valence-corrected chi connectivity index (χ0v) is 47.5. The maximum atomic E-state index is 12.3. The first-order chi connectivity index (χ1) is 36.6. The highest BCUT2D eigenvalue weighted by molar-refractivity contribution is 5.70. The number of hydrogen-bond donors (Lipinski definition) is 1. The molecule has 0 aliphatic rings. The summed E-state index contributed by atoms with van der Waals surface area (Å²) in [7, 11) is 0. The molecule has 0 fully saturated rings. The van der Waals surface area contributed by atoms with Gasteiger partial charge in [-0.05, 0) is 122 Å². The molecular weight excluding hydrogens is 909 g/mol. The standard InChI is InChI=1S/C69H110O5/c1-3-5-7-9-11-13-15-17-19-21-23-25-27-29-30-31-32-33-34-35-36-37-38-40-42-44-46-48-50-52-54-56-58-60-62-64-69(72)74-67(65-70)66-73-68(71)63-61-59-57-55-53-51-49-47-45-43-41-39-28-26-24-22-20-18-16-14-12-10-8-6-4-2/h5-8,11-14,17-20,23-26,29-30,32-33,35-36,38,40,44,46,67,70H,3-4,9-10,15-16,21-22,27-28,31,34,37,39,41-43,45,47-66H2,1-2H3/b7-5-,8-6-,13-11-,14-12-,19-17-,20-18-,25-23-,26-24-,30-29-,33-32-,36-35-,40-38-,46-44-. The zero-order chi connectivity index (χ0) is 53.4. The number of rotatable bonds is 53. The summed E-state index contributed by atoms with van der Waals surface area (Å²) in [5.74, 6) is -0.613. The predicted molar refractivity (Wildman–Crippen MR) is 324 cm³/mol. The summed E-state index contributed by atoms with van der Waals surface area (Å²) in [6, 6.07) is 0. The Hall–Kier alpha value is -4.48. The van der Waals surface area contributed by atoms with Gasteiger partial charge in [-0.1, -0.05) is 268 Å². The fraction of sp³-hybridized carbons (Fsp3) is 0.594. The second-order valence-electron chi connectivity index (χ2n) is 19.3. The van der Waals surface area contributed by atoms with Crippen molar-refractivity contribution in [1.82, 2.24) is 0 Å². The van der Waals surface area contributed by atoms with Crippen LogP contribution in [0, 0.1) is 0 Å². The van der Waals surface area contributed by atoms with Crippen LogP contribution in [-0.2, 0) is 19.1 Å².